The van der Waals surface area contributed by atoms with Crippen LogP contribution in [0.2, 0.25) is 0 Å². The van der Waals surface area contributed by atoms with Crippen LogP contribution in [0.15, 0.2) is 36.5 Å². The second-order valence-corrected chi connectivity index (χ2v) is 18.7. The van der Waals surface area contributed by atoms with Gasteiger partial charge in [-0.25, -0.2) is 4.79 Å². The molecule has 0 aromatic carbocycles. The Labute approximate surface area is 373 Å². The van der Waals surface area contributed by atoms with Crippen molar-refractivity contribution in [3.63, 3.8) is 0 Å². The van der Waals surface area contributed by atoms with Crippen molar-refractivity contribution in [2.24, 2.45) is 0 Å². The Kier molecular flexibility index (Phi) is 38.9. The number of likely N-dealkylation sites (N-methyl/N-ethyl adjacent to an activating group) is 1. The van der Waals surface area contributed by atoms with E-state index in [-0.39, 0.29) is 32.7 Å². The van der Waals surface area contributed by atoms with Crippen molar-refractivity contribution < 1.29 is 51.6 Å². The van der Waals surface area contributed by atoms with Gasteiger partial charge in [-0.2, -0.15) is 0 Å². The van der Waals surface area contributed by atoms with Crippen LogP contribution >= 0.6 is 7.82 Å². The van der Waals surface area contributed by atoms with Crippen LogP contribution in [-0.4, -0.2) is 82.1 Å². The Hall–Kier alpha value is -2.30. The maximum absolute atomic E-state index is 12.8. The molecule has 2 atom stereocenters. The molecule has 0 saturated carbocycles. The first kappa shape index (κ1) is 58.7. The summed E-state index contributed by atoms with van der Waals surface area (Å²) in [4.78, 5) is 49.7. The first-order chi connectivity index (χ1) is 29.3. The van der Waals surface area contributed by atoms with Crippen molar-refractivity contribution in [1.82, 2.24) is 0 Å². The van der Waals surface area contributed by atoms with Crippen molar-refractivity contribution in [1.29, 1.82) is 0 Å². The molecule has 0 aliphatic heterocycles. The fraction of sp³-hybridized carbons (Fsp3) is 0.816. The van der Waals surface area contributed by atoms with Crippen LogP contribution in [0.3, 0.4) is 0 Å². The first-order valence-corrected chi connectivity index (χ1v) is 25.7. The number of quaternary nitrogens is 1. The number of unbranched alkanes of at least 4 members (excludes halogenated alkanes) is 22. The van der Waals surface area contributed by atoms with Gasteiger partial charge >= 0.3 is 17.9 Å². The number of nitrogens with zero attached hydrogens (tertiary/aromatic N) is 1. The zero-order valence-corrected chi connectivity index (χ0v) is 40.5. The molecule has 0 fully saturated rings. The number of hydrogen-bond donors (Lipinski definition) is 0. The van der Waals surface area contributed by atoms with E-state index in [2.05, 4.69) is 44.7 Å². The van der Waals surface area contributed by atoms with Gasteiger partial charge in [0.15, 0.2) is 6.10 Å². The molecule has 1 unspecified atom stereocenters. The Morgan fingerprint density at radius 2 is 0.984 bits per heavy atom. The SMILES string of the molecule is C=C(C)C(=O)OCC[N+](C)(C)CCOP(=O)([O-])OC[C@@H](COC(=O)CCCCCC/C=C\CCCCCCCCC)OC(=O)CCCCCC/C=C\CCCCCCCCC. The number of carbonyl (C=O) groups excluding carboxylic acids is 3. The van der Waals surface area contributed by atoms with Gasteiger partial charge in [0.2, 0.25) is 0 Å². The zero-order chi connectivity index (χ0) is 45.3. The lowest BCUT2D eigenvalue weighted by molar-refractivity contribution is -0.890. The molecular weight excluding hydrogens is 794 g/mol. The highest BCUT2D eigenvalue weighted by Crippen LogP contribution is 2.38. The predicted octanol–water partition coefficient (Wildman–Crippen LogP) is 12.2. The van der Waals surface area contributed by atoms with E-state index in [1.807, 2.05) is 14.1 Å². The van der Waals surface area contributed by atoms with Gasteiger partial charge in [-0.1, -0.05) is 147 Å². The molecule has 0 rings (SSSR count). The highest BCUT2D eigenvalue weighted by Gasteiger charge is 2.23. The minimum atomic E-state index is -4.78. The first-order valence-electron chi connectivity index (χ1n) is 24.2. The highest BCUT2D eigenvalue weighted by molar-refractivity contribution is 7.45. The zero-order valence-electron chi connectivity index (χ0n) is 39.6. The highest BCUT2D eigenvalue weighted by atomic mass is 31.2. The fourth-order valence-electron chi connectivity index (χ4n) is 6.53. The maximum atomic E-state index is 12.8. The van der Waals surface area contributed by atoms with Gasteiger partial charge in [0.25, 0.3) is 7.82 Å². The summed E-state index contributed by atoms with van der Waals surface area (Å²) in [5.41, 5.74) is 0.304. The molecule has 0 saturated heterocycles. The topological polar surface area (TPSA) is 137 Å². The lowest BCUT2D eigenvalue weighted by atomic mass is 10.1. The largest absolute Gasteiger partial charge is 0.756 e. The van der Waals surface area contributed by atoms with E-state index in [1.54, 1.807) is 6.92 Å². The van der Waals surface area contributed by atoms with Crippen molar-refractivity contribution >= 4 is 25.7 Å². The third-order valence-corrected chi connectivity index (χ3v) is 11.6. The molecule has 61 heavy (non-hydrogen) atoms. The number of carbonyl (C=O) groups is 3. The molecule has 0 heterocycles. The van der Waals surface area contributed by atoms with Gasteiger partial charge in [0, 0.05) is 18.4 Å². The van der Waals surface area contributed by atoms with Crippen LogP contribution in [0.25, 0.3) is 0 Å². The second-order valence-electron chi connectivity index (χ2n) is 17.3. The van der Waals surface area contributed by atoms with Gasteiger partial charge in [-0.15, -0.1) is 0 Å². The third-order valence-electron chi connectivity index (χ3n) is 10.7. The molecule has 0 N–H and O–H groups in total. The number of ether oxygens (including phenoxy) is 3. The van der Waals surface area contributed by atoms with E-state index in [1.165, 1.54) is 89.9 Å². The molecule has 12 heteroatoms. The van der Waals surface area contributed by atoms with Crippen molar-refractivity contribution in [2.75, 3.05) is 53.6 Å². The minimum absolute atomic E-state index is 0.143. The number of phosphoric ester groups is 1. The van der Waals surface area contributed by atoms with Gasteiger partial charge in [0.05, 0.1) is 20.7 Å². The van der Waals surface area contributed by atoms with Crippen LogP contribution in [0.1, 0.15) is 201 Å². The van der Waals surface area contributed by atoms with E-state index in [4.69, 9.17) is 23.3 Å². The van der Waals surface area contributed by atoms with Crippen molar-refractivity contribution in [3.8, 4) is 0 Å². The van der Waals surface area contributed by atoms with Gasteiger partial charge < -0.3 is 32.6 Å². The summed E-state index contributed by atoms with van der Waals surface area (Å²) in [5.74, 6) is -1.41. The molecule has 0 bridgehead atoms. The van der Waals surface area contributed by atoms with Gasteiger partial charge in [0.1, 0.15) is 32.9 Å². The standard InChI is InChI=1S/C49H90NO10P/c1-7-9-11-13-15-17-19-21-23-25-27-29-31-33-35-37-47(51)57-43-46(44-59-61(54,55)58-42-40-50(5,6)39-41-56-49(53)45(3)4)60-48(52)38-36-34-32-30-28-26-24-22-20-18-16-14-12-10-8-2/h23-26,46H,3,7-22,27-44H2,1-2,4-6H3/b25-23-,26-24-/t46-/m1/s1. The van der Waals surface area contributed by atoms with E-state index < -0.39 is 38.4 Å². The molecule has 0 aliphatic rings. The molecule has 0 aromatic rings. The Bertz CT molecular complexity index is 1220. The lowest BCUT2D eigenvalue weighted by Crippen LogP contribution is -2.45. The molecule has 0 aromatic heterocycles. The normalized spacial score (nSPS) is 13.4. The fourth-order valence-corrected chi connectivity index (χ4v) is 7.26. The van der Waals surface area contributed by atoms with Gasteiger partial charge in [-0.3, -0.25) is 14.2 Å². The average molecular weight is 884 g/mol. The van der Waals surface area contributed by atoms with Crippen LogP contribution in [0, 0.1) is 0 Å². The second kappa shape index (κ2) is 40.5. The Balaban J connectivity index is 4.68. The van der Waals surface area contributed by atoms with E-state index in [9.17, 15) is 23.8 Å². The monoisotopic (exact) mass is 884 g/mol. The summed E-state index contributed by atoms with van der Waals surface area (Å²) in [6.07, 6.45) is 38.5. The molecule has 0 spiro atoms. The summed E-state index contributed by atoms with van der Waals surface area (Å²) < 4.78 is 39.3. The van der Waals surface area contributed by atoms with Crippen LogP contribution in [-0.2, 0) is 42.2 Å². The average Bonchev–Trinajstić information content (AvgIpc) is 3.21. The number of hydrogen-bond acceptors (Lipinski definition) is 10. The van der Waals surface area contributed by atoms with Crippen molar-refractivity contribution in [3.05, 3.63) is 36.5 Å². The predicted molar refractivity (Wildman–Crippen MR) is 247 cm³/mol. The van der Waals surface area contributed by atoms with Crippen LogP contribution < -0.4 is 4.89 Å². The molecule has 356 valence electrons. The summed E-state index contributed by atoms with van der Waals surface area (Å²) in [7, 11) is -1.07. The molecular formula is C49H90NO10P. The smallest absolute Gasteiger partial charge is 0.333 e. The molecule has 0 aliphatic carbocycles. The molecule has 0 amide bonds. The number of esters is 3. The summed E-state index contributed by atoms with van der Waals surface area (Å²) in [6.45, 7) is 9.46. The van der Waals surface area contributed by atoms with E-state index in [0.717, 1.165) is 64.2 Å². The quantitative estimate of drug-likeness (QED) is 0.0111. The number of rotatable bonds is 44. The number of allylic oxidation sites excluding steroid dienone is 4. The minimum Gasteiger partial charge on any atom is -0.756 e. The lowest BCUT2D eigenvalue weighted by Gasteiger charge is -2.31. The molecule has 0 radical (unpaired) electrons. The Morgan fingerprint density at radius 3 is 1.44 bits per heavy atom. The van der Waals surface area contributed by atoms with E-state index in [0.29, 0.717) is 36.0 Å². The summed E-state index contributed by atoms with van der Waals surface area (Å²) in [6, 6.07) is 0. The molecule has 11 nitrogen and oxygen atoms in total. The Morgan fingerprint density at radius 1 is 0.574 bits per heavy atom. The number of phosphoric acid groups is 1. The summed E-state index contributed by atoms with van der Waals surface area (Å²) in [5, 5.41) is 0. The van der Waals surface area contributed by atoms with Crippen molar-refractivity contribution in [2.45, 2.75) is 207 Å². The maximum Gasteiger partial charge on any atom is 0.333 e. The van der Waals surface area contributed by atoms with Crippen LogP contribution in [0.4, 0.5) is 0 Å². The van der Waals surface area contributed by atoms with Crippen LogP contribution in [0.5, 0.6) is 0 Å². The summed E-state index contributed by atoms with van der Waals surface area (Å²) >= 11 is 0. The third kappa shape index (κ3) is 41.5. The van der Waals surface area contributed by atoms with Gasteiger partial charge in [-0.05, 0) is 71.1 Å². The van der Waals surface area contributed by atoms with E-state index >= 15 is 0 Å².